The molecule has 1 saturated heterocycles. The van der Waals surface area contributed by atoms with Gasteiger partial charge in [-0.05, 0) is 49.9 Å². The first-order valence-electron chi connectivity index (χ1n) is 7.12. The minimum absolute atomic E-state index is 0.293. The summed E-state index contributed by atoms with van der Waals surface area (Å²) in [6.45, 7) is 8.15. The Hall–Kier alpha value is -0.570. The van der Waals surface area contributed by atoms with Crippen LogP contribution in [0.25, 0.3) is 0 Å². The summed E-state index contributed by atoms with van der Waals surface area (Å²) in [4.78, 5) is 2.43. The summed E-state index contributed by atoms with van der Waals surface area (Å²) in [5, 5.41) is 0.891. The molecular weight excluding hydrogens is 258 g/mol. The summed E-state index contributed by atoms with van der Waals surface area (Å²) in [6.07, 6.45) is 0. The molecule has 0 unspecified atom stereocenters. The predicted octanol–water partition coefficient (Wildman–Crippen LogP) is 3.11. The Labute approximate surface area is 120 Å². The van der Waals surface area contributed by atoms with Crippen LogP contribution in [0.5, 0.6) is 0 Å². The van der Waals surface area contributed by atoms with Gasteiger partial charge in [0.2, 0.25) is 0 Å². The molecule has 0 N–H and O–H groups in total. The molecule has 104 valence electrons. The number of rotatable bonds is 4. The number of ether oxygens (including phenoxy) is 1. The quantitative estimate of drug-likeness (QED) is 0.840. The molecular formula is C16H22ClNO. The van der Waals surface area contributed by atoms with Crippen LogP contribution in [0.2, 0.25) is 5.02 Å². The van der Waals surface area contributed by atoms with E-state index in [1.807, 2.05) is 0 Å². The number of likely N-dealkylation sites (N-methyl/N-ethyl adjacent to an activating group) is 1. The third-order valence-electron chi connectivity index (χ3n) is 4.95. The number of fused-ring (bicyclic) bond motifs is 1. The third-order valence-corrected chi connectivity index (χ3v) is 5.36. The molecule has 2 nitrogen and oxygen atoms in total. The Balaban J connectivity index is 1.89. The number of piperidine rings is 1. The average Bonchev–Trinajstić information content (AvgIpc) is 2.80. The van der Waals surface area contributed by atoms with Crippen LogP contribution in [-0.2, 0) is 10.2 Å². The van der Waals surface area contributed by atoms with E-state index < -0.39 is 0 Å². The van der Waals surface area contributed by atoms with Crippen molar-refractivity contribution in [3.63, 3.8) is 0 Å². The van der Waals surface area contributed by atoms with Crippen LogP contribution in [-0.4, -0.2) is 38.3 Å². The largest absolute Gasteiger partial charge is 0.381 e. The number of hydrogen-bond acceptors (Lipinski definition) is 2. The second kappa shape index (κ2) is 4.76. The zero-order valence-corrected chi connectivity index (χ0v) is 12.7. The molecule has 1 aromatic rings. The van der Waals surface area contributed by atoms with Gasteiger partial charge in [0.1, 0.15) is 0 Å². The highest BCUT2D eigenvalue weighted by atomic mass is 35.5. The number of hydrogen-bond donors (Lipinski definition) is 0. The van der Waals surface area contributed by atoms with Gasteiger partial charge in [-0.25, -0.2) is 0 Å². The monoisotopic (exact) mass is 279 g/mol. The summed E-state index contributed by atoms with van der Waals surface area (Å²) >= 11 is 6.32. The molecule has 1 aromatic carbocycles. The SMILES string of the molecule is CCOC[C@H]1[C@@H]2CN(C)C[C@]12c1ccc(C)c(Cl)c1. The fourth-order valence-corrected chi connectivity index (χ4v) is 4.07. The Kier molecular flexibility index (Phi) is 3.36. The number of nitrogens with zero attached hydrogens (tertiary/aromatic N) is 1. The van der Waals surface area contributed by atoms with Gasteiger partial charge in [0.15, 0.2) is 0 Å². The molecule has 3 rings (SSSR count). The van der Waals surface area contributed by atoms with Crippen molar-refractivity contribution in [3.05, 3.63) is 34.3 Å². The van der Waals surface area contributed by atoms with Crippen molar-refractivity contribution < 1.29 is 4.74 Å². The molecule has 1 aliphatic heterocycles. The molecule has 2 aliphatic rings. The lowest BCUT2D eigenvalue weighted by molar-refractivity contribution is 0.120. The van der Waals surface area contributed by atoms with E-state index in [4.69, 9.17) is 16.3 Å². The van der Waals surface area contributed by atoms with E-state index >= 15 is 0 Å². The van der Waals surface area contributed by atoms with Crippen LogP contribution < -0.4 is 0 Å². The Morgan fingerprint density at radius 1 is 1.47 bits per heavy atom. The van der Waals surface area contributed by atoms with Gasteiger partial charge in [0.25, 0.3) is 0 Å². The highest BCUT2D eigenvalue weighted by molar-refractivity contribution is 6.31. The standard InChI is InChI=1S/C16H22ClNO/c1-4-19-9-14-13-8-18(3)10-16(13,14)12-6-5-11(2)15(17)7-12/h5-7,13-14H,4,8-10H2,1-3H3/t13-,14-,16+/m0/s1. The van der Waals surface area contributed by atoms with Gasteiger partial charge in [-0.2, -0.15) is 0 Å². The van der Waals surface area contributed by atoms with Crippen molar-refractivity contribution in [3.8, 4) is 0 Å². The predicted molar refractivity (Wildman–Crippen MR) is 78.8 cm³/mol. The number of benzene rings is 1. The van der Waals surface area contributed by atoms with Crippen molar-refractivity contribution >= 4 is 11.6 Å². The first kappa shape index (κ1) is 13.4. The van der Waals surface area contributed by atoms with Crippen LogP contribution in [0.4, 0.5) is 0 Å². The highest BCUT2D eigenvalue weighted by Crippen LogP contribution is 2.64. The van der Waals surface area contributed by atoms with Crippen LogP contribution in [0, 0.1) is 18.8 Å². The Morgan fingerprint density at radius 3 is 2.95 bits per heavy atom. The van der Waals surface area contributed by atoms with Gasteiger partial charge in [0, 0.05) is 30.1 Å². The topological polar surface area (TPSA) is 12.5 Å². The minimum Gasteiger partial charge on any atom is -0.381 e. The molecule has 0 amide bonds. The zero-order valence-electron chi connectivity index (χ0n) is 11.9. The lowest BCUT2D eigenvalue weighted by Gasteiger charge is -2.21. The molecule has 1 saturated carbocycles. The molecule has 19 heavy (non-hydrogen) atoms. The maximum atomic E-state index is 6.32. The summed E-state index contributed by atoms with van der Waals surface area (Å²) in [5.41, 5.74) is 2.86. The second-order valence-electron chi connectivity index (χ2n) is 6.07. The Bertz CT molecular complexity index is 490. The molecule has 3 heteroatoms. The van der Waals surface area contributed by atoms with E-state index in [1.165, 1.54) is 12.1 Å². The van der Waals surface area contributed by atoms with E-state index in [0.29, 0.717) is 11.3 Å². The first-order valence-corrected chi connectivity index (χ1v) is 7.50. The van der Waals surface area contributed by atoms with E-state index in [1.54, 1.807) is 0 Å². The van der Waals surface area contributed by atoms with Gasteiger partial charge in [-0.15, -0.1) is 0 Å². The fraction of sp³-hybridized carbons (Fsp3) is 0.625. The van der Waals surface area contributed by atoms with Crippen LogP contribution in [0.1, 0.15) is 18.1 Å². The Morgan fingerprint density at radius 2 is 2.26 bits per heavy atom. The summed E-state index contributed by atoms with van der Waals surface area (Å²) in [6, 6.07) is 6.59. The van der Waals surface area contributed by atoms with Crippen molar-refractivity contribution in [1.82, 2.24) is 4.90 Å². The molecule has 0 radical (unpaired) electrons. The van der Waals surface area contributed by atoms with Crippen LogP contribution >= 0.6 is 11.6 Å². The van der Waals surface area contributed by atoms with Gasteiger partial charge < -0.3 is 9.64 Å². The van der Waals surface area contributed by atoms with E-state index in [-0.39, 0.29) is 0 Å². The van der Waals surface area contributed by atoms with Gasteiger partial charge in [-0.1, -0.05) is 23.7 Å². The summed E-state index contributed by atoms with van der Waals surface area (Å²) in [7, 11) is 2.21. The van der Waals surface area contributed by atoms with Gasteiger partial charge in [0.05, 0.1) is 6.61 Å². The normalized spacial score (nSPS) is 33.5. The lowest BCUT2D eigenvalue weighted by atomic mass is 9.92. The van der Waals surface area contributed by atoms with Crippen molar-refractivity contribution in [2.24, 2.45) is 11.8 Å². The molecule has 3 atom stereocenters. The third kappa shape index (κ3) is 2.01. The molecule has 2 fully saturated rings. The van der Waals surface area contributed by atoms with Crippen molar-refractivity contribution in [2.45, 2.75) is 19.3 Å². The lowest BCUT2D eigenvalue weighted by Crippen LogP contribution is -2.27. The van der Waals surface area contributed by atoms with E-state index in [0.717, 1.165) is 36.3 Å². The van der Waals surface area contributed by atoms with Crippen LogP contribution in [0.3, 0.4) is 0 Å². The first-order chi connectivity index (χ1) is 9.09. The van der Waals surface area contributed by atoms with Crippen molar-refractivity contribution in [2.75, 3.05) is 33.4 Å². The zero-order chi connectivity index (χ0) is 13.6. The molecule has 1 aliphatic carbocycles. The van der Waals surface area contributed by atoms with Gasteiger partial charge >= 0.3 is 0 Å². The smallest absolute Gasteiger partial charge is 0.0506 e. The highest BCUT2D eigenvalue weighted by Gasteiger charge is 2.68. The summed E-state index contributed by atoms with van der Waals surface area (Å²) < 4.78 is 5.68. The molecule has 0 bridgehead atoms. The molecule has 0 spiro atoms. The van der Waals surface area contributed by atoms with E-state index in [9.17, 15) is 0 Å². The molecule has 1 heterocycles. The number of likely N-dealkylation sites (tertiary alicyclic amines) is 1. The molecule has 0 aromatic heterocycles. The van der Waals surface area contributed by atoms with Gasteiger partial charge in [-0.3, -0.25) is 0 Å². The fourth-order valence-electron chi connectivity index (χ4n) is 3.89. The van der Waals surface area contributed by atoms with E-state index in [2.05, 4.69) is 44.0 Å². The minimum atomic E-state index is 0.293. The maximum absolute atomic E-state index is 6.32. The average molecular weight is 280 g/mol. The number of halogens is 1. The maximum Gasteiger partial charge on any atom is 0.0506 e. The second-order valence-corrected chi connectivity index (χ2v) is 6.48. The number of aryl methyl sites for hydroxylation is 1. The summed E-state index contributed by atoms with van der Waals surface area (Å²) in [5.74, 6) is 1.41. The van der Waals surface area contributed by atoms with Crippen LogP contribution in [0.15, 0.2) is 18.2 Å². The van der Waals surface area contributed by atoms with Crippen molar-refractivity contribution in [1.29, 1.82) is 0 Å².